The molecule has 10 nitrogen and oxygen atoms in total. The number of carbonyl (C=O) groups excluding carboxylic acids is 6. The van der Waals surface area contributed by atoms with Crippen LogP contribution in [0.3, 0.4) is 0 Å². The first-order chi connectivity index (χ1) is 20.7. The molecule has 0 bridgehead atoms. The summed E-state index contributed by atoms with van der Waals surface area (Å²) in [5.74, 6) is -4.01. The average Bonchev–Trinajstić information content (AvgIpc) is 3.04. The number of rotatable bonds is 8. The Morgan fingerprint density at radius 3 is 1.25 bits per heavy atom. The lowest BCUT2D eigenvalue weighted by molar-refractivity contribution is -0.155. The fourth-order valence-electron chi connectivity index (χ4n) is 5.39. The topological polar surface area (TPSA) is 133 Å². The Labute approximate surface area is 258 Å². The van der Waals surface area contributed by atoms with E-state index in [0.29, 0.717) is 12.8 Å². The Hall–Kier alpha value is -4.34. The molecule has 0 fully saturated rings. The molecule has 4 rings (SSSR count). The number of hydrogen-bond acceptors (Lipinski definition) is 6. The summed E-state index contributed by atoms with van der Waals surface area (Å²) in [6.45, 7) is 10.6. The van der Waals surface area contributed by atoms with Gasteiger partial charge in [-0.1, -0.05) is 90.1 Å². The summed E-state index contributed by atoms with van der Waals surface area (Å²) in [6, 6.07) is 12.7. The van der Waals surface area contributed by atoms with E-state index in [-0.39, 0.29) is 25.9 Å². The minimum absolute atomic E-state index is 0.0730. The van der Waals surface area contributed by atoms with Crippen molar-refractivity contribution in [3.05, 3.63) is 70.8 Å². The van der Waals surface area contributed by atoms with Gasteiger partial charge in [0.1, 0.15) is 12.1 Å². The highest BCUT2D eigenvalue weighted by Crippen LogP contribution is 2.29. The van der Waals surface area contributed by atoms with Crippen molar-refractivity contribution in [3.8, 4) is 0 Å². The molecule has 2 aromatic rings. The van der Waals surface area contributed by atoms with Gasteiger partial charge in [-0.25, -0.2) is 0 Å². The second-order valence-electron chi connectivity index (χ2n) is 13.0. The number of carbonyl (C=O) groups is 6. The molecule has 0 aromatic heterocycles. The number of amides is 4. The zero-order valence-corrected chi connectivity index (χ0v) is 26.4. The summed E-state index contributed by atoms with van der Waals surface area (Å²) >= 11 is 0. The molecule has 234 valence electrons. The van der Waals surface area contributed by atoms with Crippen LogP contribution in [0.4, 0.5) is 0 Å². The number of fused-ring (bicyclic) bond motifs is 2. The fraction of sp³-hybridized carbons (Fsp3) is 0.471. The van der Waals surface area contributed by atoms with Gasteiger partial charge in [-0.15, -0.1) is 0 Å². The van der Waals surface area contributed by atoms with Gasteiger partial charge in [0.2, 0.25) is 11.6 Å². The summed E-state index contributed by atoms with van der Waals surface area (Å²) in [4.78, 5) is 82.9. The number of ketones is 2. The zero-order chi connectivity index (χ0) is 32.4. The molecule has 0 radical (unpaired) electrons. The first-order valence-corrected chi connectivity index (χ1v) is 15.2. The van der Waals surface area contributed by atoms with E-state index in [1.807, 2.05) is 62.4 Å². The first kappa shape index (κ1) is 32.6. The monoisotopic (exact) mass is 602 g/mol. The number of Topliss-reactive ketones (excluding diaryl/α,β-unsaturated/α-hetero) is 2. The van der Waals surface area contributed by atoms with Crippen molar-refractivity contribution >= 4 is 35.2 Å². The van der Waals surface area contributed by atoms with Crippen LogP contribution >= 0.6 is 0 Å². The van der Waals surface area contributed by atoms with Crippen LogP contribution in [0.5, 0.6) is 0 Å². The van der Waals surface area contributed by atoms with Crippen molar-refractivity contribution in [3.63, 3.8) is 0 Å². The van der Waals surface area contributed by atoms with Crippen LogP contribution in [0.15, 0.2) is 48.5 Å². The predicted octanol–water partition coefficient (Wildman–Crippen LogP) is 3.05. The molecule has 2 aromatic carbocycles. The van der Waals surface area contributed by atoms with Crippen molar-refractivity contribution in [2.24, 2.45) is 10.8 Å². The molecule has 0 saturated heterocycles. The average molecular weight is 603 g/mol. The predicted molar refractivity (Wildman–Crippen MR) is 163 cm³/mol. The van der Waals surface area contributed by atoms with Gasteiger partial charge in [-0.3, -0.25) is 39.6 Å². The SMILES string of the molecule is CCC(C)(C)C(=O)C(=O)N1Cc2ccccc2C[C@H]1C(=O)NNC(=O)[C@@H]1Cc2ccccc2CN1C(=O)C(=O)C(C)(C)CC. The van der Waals surface area contributed by atoms with Crippen LogP contribution in [0.1, 0.15) is 76.6 Å². The second-order valence-corrected chi connectivity index (χ2v) is 13.0. The van der Waals surface area contributed by atoms with Gasteiger partial charge >= 0.3 is 0 Å². The molecule has 2 aliphatic rings. The highest BCUT2D eigenvalue weighted by Gasteiger charge is 2.43. The number of hydrogen-bond donors (Lipinski definition) is 2. The van der Waals surface area contributed by atoms with Crippen molar-refractivity contribution in [2.75, 3.05) is 0 Å². The molecule has 0 aliphatic carbocycles. The Bertz CT molecular complexity index is 1380. The number of hydrazine groups is 1. The summed E-state index contributed by atoms with van der Waals surface area (Å²) < 4.78 is 0. The smallest absolute Gasteiger partial charge is 0.291 e. The van der Waals surface area contributed by atoms with Crippen molar-refractivity contribution in [2.45, 2.75) is 92.4 Å². The number of nitrogens with one attached hydrogen (secondary N) is 2. The number of nitrogens with zero attached hydrogens (tertiary/aromatic N) is 2. The van der Waals surface area contributed by atoms with Gasteiger partial charge in [0.25, 0.3) is 23.6 Å². The van der Waals surface area contributed by atoms with E-state index >= 15 is 0 Å². The van der Waals surface area contributed by atoms with Gasteiger partial charge in [-0.2, -0.15) is 0 Å². The molecular formula is C34H42N4O6. The number of benzene rings is 2. The van der Waals surface area contributed by atoms with Gasteiger partial charge in [0.15, 0.2) is 0 Å². The van der Waals surface area contributed by atoms with Crippen molar-refractivity contribution < 1.29 is 28.8 Å². The third-order valence-corrected chi connectivity index (χ3v) is 9.32. The minimum Gasteiger partial charge on any atom is -0.319 e. The van der Waals surface area contributed by atoms with E-state index in [4.69, 9.17) is 0 Å². The van der Waals surface area contributed by atoms with Crippen LogP contribution < -0.4 is 10.9 Å². The quantitative estimate of drug-likeness (QED) is 0.353. The minimum atomic E-state index is -1.05. The first-order valence-electron chi connectivity index (χ1n) is 15.2. The lowest BCUT2D eigenvalue weighted by Gasteiger charge is -2.38. The fourth-order valence-corrected chi connectivity index (χ4v) is 5.39. The van der Waals surface area contributed by atoms with E-state index in [1.165, 1.54) is 9.80 Å². The zero-order valence-electron chi connectivity index (χ0n) is 26.4. The largest absolute Gasteiger partial charge is 0.319 e. The molecular weight excluding hydrogens is 560 g/mol. The highest BCUT2D eigenvalue weighted by atomic mass is 16.2. The van der Waals surface area contributed by atoms with Crippen LogP contribution in [0.25, 0.3) is 0 Å². The molecule has 0 spiro atoms. The van der Waals surface area contributed by atoms with E-state index < -0.39 is 58.1 Å². The third kappa shape index (κ3) is 6.44. The lowest BCUT2D eigenvalue weighted by Crippen LogP contribution is -2.61. The maximum Gasteiger partial charge on any atom is 0.291 e. The maximum absolute atomic E-state index is 13.6. The molecule has 2 N–H and O–H groups in total. The third-order valence-electron chi connectivity index (χ3n) is 9.32. The van der Waals surface area contributed by atoms with E-state index in [0.717, 1.165) is 22.3 Å². The molecule has 0 saturated carbocycles. The highest BCUT2D eigenvalue weighted by molar-refractivity contribution is 6.38. The van der Waals surface area contributed by atoms with Crippen LogP contribution in [-0.4, -0.2) is 57.1 Å². The standard InChI is InChI=1S/C34H42N4O6/c1-7-33(3,4)27(39)31(43)37-19-23-15-11-9-13-21(23)17-25(37)29(41)35-36-30(42)26-18-22-14-10-12-16-24(22)20-38(26)32(44)28(40)34(5,6)8-2/h9-16,25-26H,7-8,17-20H2,1-6H3,(H,35,41)(H,36,42)/t25-,26-/m0/s1. The summed E-state index contributed by atoms with van der Waals surface area (Å²) in [7, 11) is 0. The Morgan fingerprint density at radius 2 is 0.932 bits per heavy atom. The summed E-state index contributed by atoms with van der Waals surface area (Å²) in [6.07, 6.45) is 1.22. The van der Waals surface area contributed by atoms with Crippen LogP contribution in [0.2, 0.25) is 0 Å². The van der Waals surface area contributed by atoms with Gasteiger partial charge in [0, 0.05) is 36.8 Å². The van der Waals surface area contributed by atoms with Crippen LogP contribution in [-0.2, 0) is 54.7 Å². The Balaban J connectivity index is 1.56. The van der Waals surface area contributed by atoms with Gasteiger partial charge < -0.3 is 9.80 Å². The van der Waals surface area contributed by atoms with E-state index in [2.05, 4.69) is 10.9 Å². The Morgan fingerprint density at radius 1 is 0.614 bits per heavy atom. The molecule has 44 heavy (non-hydrogen) atoms. The van der Waals surface area contributed by atoms with Crippen molar-refractivity contribution in [1.29, 1.82) is 0 Å². The molecule has 4 amide bonds. The van der Waals surface area contributed by atoms with Gasteiger partial charge in [-0.05, 0) is 35.1 Å². The van der Waals surface area contributed by atoms with Crippen molar-refractivity contribution in [1.82, 2.24) is 20.7 Å². The summed E-state index contributed by atoms with van der Waals surface area (Å²) in [5.41, 5.74) is 6.49. The summed E-state index contributed by atoms with van der Waals surface area (Å²) in [5, 5.41) is 0. The molecule has 2 aliphatic heterocycles. The van der Waals surface area contributed by atoms with Gasteiger partial charge in [0.05, 0.1) is 0 Å². The second kappa shape index (κ2) is 12.7. The van der Waals surface area contributed by atoms with Crippen LogP contribution in [0, 0.1) is 10.8 Å². The van der Waals surface area contributed by atoms with E-state index in [1.54, 1.807) is 27.7 Å². The molecule has 10 heteroatoms. The molecule has 2 heterocycles. The molecule has 2 atom stereocenters. The maximum atomic E-state index is 13.6. The molecule has 0 unspecified atom stereocenters. The lowest BCUT2D eigenvalue weighted by atomic mass is 9.83. The normalized spacial score (nSPS) is 18.0. The Kier molecular flexibility index (Phi) is 9.41. The van der Waals surface area contributed by atoms with E-state index in [9.17, 15) is 28.8 Å².